The zero-order valence-electron chi connectivity index (χ0n) is 17.0. The van der Waals surface area contributed by atoms with E-state index in [1.54, 1.807) is 30.3 Å². The van der Waals surface area contributed by atoms with Gasteiger partial charge in [-0.1, -0.05) is 18.2 Å². The maximum atomic E-state index is 13.3. The summed E-state index contributed by atoms with van der Waals surface area (Å²) >= 11 is 0. The molecule has 0 unspecified atom stereocenters. The van der Waals surface area contributed by atoms with Crippen molar-refractivity contribution < 1.29 is 18.0 Å². The van der Waals surface area contributed by atoms with Gasteiger partial charge in [0.15, 0.2) is 0 Å². The molecule has 1 fully saturated rings. The van der Waals surface area contributed by atoms with E-state index in [0.717, 1.165) is 6.07 Å². The Morgan fingerprint density at radius 2 is 1.78 bits per heavy atom. The van der Waals surface area contributed by atoms with Crippen LogP contribution in [0.2, 0.25) is 0 Å². The van der Waals surface area contributed by atoms with Gasteiger partial charge in [-0.3, -0.25) is 4.79 Å². The number of para-hydroxylation sites is 1. The number of hydrogen-bond donors (Lipinski definition) is 2. The minimum atomic E-state index is -4.53. The second-order valence-electron chi connectivity index (χ2n) is 7.78. The standard InChI is InChI=1S/C23H20F3N5O/c24-23(25,26)21-12-20(18-3-1-2-4-19(18)31-21)29-15-5-7-16(8-6-15)30-22(32)14-9-10-28-17(11-14)13-27/h1-4,9-12,15-16H,5-8H2,(H,29,31)(H,30,32). The molecule has 0 bridgehead atoms. The van der Waals surface area contributed by atoms with Crippen LogP contribution < -0.4 is 10.6 Å². The van der Waals surface area contributed by atoms with Crippen LogP contribution in [0.4, 0.5) is 18.9 Å². The first kappa shape index (κ1) is 21.6. The maximum Gasteiger partial charge on any atom is 0.433 e. The fourth-order valence-electron chi connectivity index (χ4n) is 3.94. The summed E-state index contributed by atoms with van der Waals surface area (Å²) in [5.74, 6) is -0.268. The second kappa shape index (κ2) is 8.83. The lowest BCUT2D eigenvalue weighted by atomic mass is 9.90. The maximum absolute atomic E-state index is 13.3. The Hall–Kier alpha value is -3.67. The quantitative estimate of drug-likeness (QED) is 0.616. The third-order valence-electron chi connectivity index (χ3n) is 5.57. The first-order valence-electron chi connectivity index (χ1n) is 10.2. The Morgan fingerprint density at radius 3 is 2.50 bits per heavy atom. The lowest BCUT2D eigenvalue weighted by Crippen LogP contribution is -2.40. The number of nitrogens with zero attached hydrogens (tertiary/aromatic N) is 3. The molecule has 9 heteroatoms. The SMILES string of the molecule is N#Cc1cc(C(=O)NC2CCC(Nc3cc(C(F)(F)F)nc4ccccc34)CC2)ccn1. The molecule has 0 radical (unpaired) electrons. The van der Waals surface area contributed by atoms with Crippen LogP contribution in [-0.4, -0.2) is 28.0 Å². The molecule has 6 nitrogen and oxygen atoms in total. The molecular weight excluding hydrogens is 419 g/mol. The van der Waals surface area contributed by atoms with Gasteiger partial charge in [0.2, 0.25) is 0 Å². The van der Waals surface area contributed by atoms with E-state index in [9.17, 15) is 18.0 Å². The highest BCUT2D eigenvalue weighted by atomic mass is 19.4. The number of nitrogens with one attached hydrogen (secondary N) is 2. The molecule has 2 N–H and O–H groups in total. The zero-order valence-corrected chi connectivity index (χ0v) is 17.0. The first-order chi connectivity index (χ1) is 15.3. The van der Waals surface area contributed by atoms with Crippen molar-refractivity contribution in [3.63, 3.8) is 0 Å². The summed E-state index contributed by atoms with van der Waals surface area (Å²) in [7, 11) is 0. The fraction of sp³-hybridized carbons (Fsp3) is 0.304. The van der Waals surface area contributed by atoms with E-state index >= 15 is 0 Å². The molecule has 1 saturated carbocycles. The van der Waals surface area contributed by atoms with Crippen LogP contribution in [0.3, 0.4) is 0 Å². The number of carbonyl (C=O) groups is 1. The van der Waals surface area contributed by atoms with Gasteiger partial charge in [0.25, 0.3) is 5.91 Å². The molecule has 1 aromatic carbocycles. The molecule has 4 rings (SSSR count). The van der Waals surface area contributed by atoms with E-state index in [2.05, 4.69) is 20.6 Å². The average molecular weight is 439 g/mol. The Bertz CT molecular complexity index is 1180. The van der Waals surface area contributed by atoms with E-state index in [4.69, 9.17) is 5.26 Å². The van der Waals surface area contributed by atoms with Crippen LogP contribution in [0.25, 0.3) is 10.9 Å². The monoisotopic (exact) mass is 439 g/mol. The number of anilines is 1. The van der Waals surface area contributed by atoms with Crippen LogP contribution in [0.15, 0.2) is 48.7 Å². The molecule has 2 heterocycles. The minimum Gasteiger partial charge on any atom is -0.382 e. The number of alkyl halides is 3. The topological polar surface area (TPSA) is 90.7 Å². The van der Waals surface area contributed by atoms with Crippen LogP contribution >= 0.6 is 0 Å². The molecule has 0 aliphatic heterocycles. The predicted molar refractivity (Wildman–Crippen MR) is 113 cm³/mol. The lowest BCUT2D eigenvalue weighted by Gasteiger charge is -2.30. The fourth-order valence-corrected chi connectivity index (χ4v) is 3.94. The zero-order chi connectivity index (χ0) is 22.7. The first-order valence-corrected chi connectivity index (χ1v) is 10.2. The van der Waals surface area contributed by atoms with Crippen molar-refractivity contribution in [2.45, 2.75) is 43.9 Å². The lowest BCUT2D eigenvalue weighted by molar-refractivity contribution is -0.140. The summed E-state index contributed by atoms with van der Waals surface area (Å²) in [4.78, 5) is 20.1. The molecule has 32 heavy (non-hydrogen) atoms. The van der Waals surface area contributed by atoms with Gasteiger partial charge in [0.1, 0.15) is 17.5 Å². The predicted octanol–water partition coefficient (Wildman–Crippen LogP) is 4.67. The highest BCUT2D eigenvalue weighted by Gasteiger charge is 2.33. The van der Waals surface area contributed by atoms with Gasteiger partial charge in [-0.25, -0.2) is 9.97 Å². The Labute approximate surface area is 182 Å². The second-order valence-corrected chi connectivity index (χ2v) is 7.78. The van der Waals surface area contributed by atoms with Crippen LogP contribution in [-0.2, 0) is 6.18 Å². The normalized spacial score (nSPS) is 18.7. The van der Waals surface area contributed by atoms with Crippen molar-refractivity contribution in [2.24, 2.45) is 0 Å². The number of hydrogen-bond acceptors (Lipinski definition) is 5. The van der Waals surface area contributed by atoms with Crippen molar-refractivity contribution in [2.75, 3.05) is 5.32 Å². The van der Waals surface area contributed by atoms with Crippen LogP contribution in [0.1, 0.15) is 47.4 Å². The Kier molecular flexibility index (Phi) is 5.95. The molecule has 0 atom stereocenters. The number of aromatic nitrogens is 2. The summed E-state index contributed by atoms with van der Waals surface area (Å²) in [5, 5.41) is 15.8. The number of halogens is 3. The summed E-state index contributed by atoms with van der Waals surface area (Å²) in [6, 6.07) is 12.7. The van der Waals surface area contributed by atoms with E-state index in [-0.39, 0.29) is 23.7 Å². The van der Waals surface area contributed by atoms with Gasteiger partial charge in [-0.05, 0) is 49.9 Å². The molecule has 2 aromatic heterocycles. The molecule has 164 valence electrons. The summed E-state index contributed by atoms with van der Waals surface area (Å²) in [6.07, 6.45) is -0.335. The van der Waals surface area contributed by atoms with Gasteiger partial charge >= 0.3 is 6.18 Å². The number of pyridine rings is 2. The molecule has 0 saturated heterocycles. The van der Waals surface area contributed by atoms with Gasteiger partial charge in [-0.15, -0.1) is 0 Å². The number of fused-ring (bicyclic) bond motifs is 1. The highest BCUT2D eigenvalue weighted by molar-refractivity contribution is 5.94. The van der Waals surface area contributed by atoms with Crippen molar-refractivity contribution >= 4 is 22.5 Å². The number of benzene rings is 1. The van der Waals surface area contributed by atoms with E-state index in [1.165, 1.54) is 12.3 Å². The van der Waals surface area contributed by atoms with Gasteiger partial charge in [0.05, 0.1) is 5.52 Å². The number of carbonyl (C=O) groups excluding carboxylic acids is 1. The Balaban J connectivity index is 1.41. The smallest absolute Gasteiger partial charge is 0.382 e. The average Bonchev–Trinajstić information content (AvgIpc) is 2.79. The van der Waals surface area contributed by atoms with Crippen LogP contribution in [0, 0.1) is 11.3 Å². The van der Waals surface area contributed by atoms with Crippen molar-refractivity contribution in [3.05, 3.63) is 65.6 Å². The molecular formula is C23H20F3N5O. The minimum absolute atomic E-state index is 0.0128. The Morgan fingerprint density at radius 1 is 1.06 bits per heavy atom. The third-order valence-corrected chi connectivity index (χ3v) is 5.57. The van der Waals surface area contributed by atoms with Gasteiger partial charge in [0, 0.05) is 34.9 Å². The number of nitriles is 1. The molecule has 1 aliphatic carbocycles. The van der Waals surface area contributed by atoms with Crippen molar-refractivity contribution in [3.8, 4) is 6.07 Å². The number of rotatable bonds is 4. The summed E-state index contributed by atoms with van der Waals surface area (Å²) in [6.45, 7) is 0. The van der Waals surface area contributed by atoms with Crippen LogP contribution in [0.5, 0.6) is 0 Å². The van der Waals surface area contributed by atoms with E-state index in [1.807, 2.05) is 6.07 Å². The van der Waals surface area contributed by atoms with E-state index < -0.39 is 11.9 Å². The highest BCUT2D eigenvalue weighted by Crippen LogP contribution is 2.34. The van der Waals surface area contributed by atoms with Gasteiger partial charge in [-0.2, -0.15) is 18.4 Å². The largest absolute Gasteiger partial charge is 0.433 e. The molecule has 0 spiro atoms. The van der Waals surface area contributed by atoms with Crippen molar-refractivity contribution in [1.29, 1.82) is 5.26 Å². The third kappa shape index (κ3) is 4.80. The molecule has 1 amide bonds. The molecule has 1 aliphatic rings. The summed E-state index contributed by atoms with van der Waals surface area (Å²) in [5.41, 5.74) is 0.331. The summed E-state index contributed by atoms with van der Waals surface area (Å²) < 4.78 is 39.8. The number of amides is 1. The van der Waals surface area contributed by atoms with Crippen molar-refractivity contribution in [1.82, 2.24) is 15.3 Å². The van der Waals surface area contributed by atoms with Gasteiger partial charge < -0.3 is 10.6 Å². The van der Waals surface area contributed by atoms with E-state index in [0.29, 0.717) is 47.8 Å². The molecule has 3 aromatic rings.